The van der Waals surface area contributed by atoms with Gasteiger partial charge in [0.15, 0.2) is 0 Å². The molecule has 6 nitrogen and oxygen atoms in total. The first-order chi connectivity index (χ1) is 11.6. The number of rotatable bonds is 6. The predicted molar refractivity (Wildman–Crippen MR) is 89.5 cm³/mol. The Balaban J connectivity index is 1.46. The molecule has 3 aliphatic rings. The molecule has 1 atom stereocenters. The van der Waals surface area contributed by atoms with Crippen molar-refractivity contribution in [2.45, 2.75) is 69.8 Å². The first-order valence-corrected chi connectivity index (χ1v) is 9.23. The van der Waals surface area contributed by atoms with Crippen molar-refractivity contribution in [3.8, 4) is 0 Å². The zero-order valence-corrected chi connectivity index (χ0v) is 14.6. The molecule has 0 radical (unpaired) electrons. The standard InChI is InChI=1S/C18H28N2O4/c1-23-16(21)9-11-20-12-10-18(17(20)22)13-15(19-24-18)8-7-14-5-3-2-4-6-14/h14H,2-13H2,1H3. The lowest BCUT2D eigenvalue weighted by Crippen LogP contribution is -2.41. The molecule has 1 amide bonds. The SMILES string of the molecule is COC(=O)CCN1CCC2(CC(CCC3CCCCC3)=NO2)C1=O. The molecule has 2 heterocycles. The lowest BCUT2D eigenvalue weighted by molar-refractivity contribution is -0.147. The lowest BCUT2D eigenvalue weighted by atomic mass is 9.84. The van der Waals surface area contributed by atoms with Crippen LogP contribution in [-0.4, -0.2) is 48.3 Å². The number of likely N-dealkylation sites (tertiary alicyclic amines) is 1. The molecule has 2 aliphatic heterocycles. The Hall–Kier alpha value is -1.59. The Kier molecular flexibility index (Phi) is 5.41. The van der Waals surface area contributed by atoms with E-state index in [2.05, 4.69) is 9.89 Å². The molecule has 0 bridgehead atoms. The molecule has 2 fully saturated rings. The van der Waals surface area contributed by atoms with Gasteiger partial charge in [-0.25, -0.2) is 0 Å². The van der Waals surface area contributed by atoms with E-state index in [-0.39, 0.29) is 18.3 Å². The predicted octanol–water partition coefficient (Wildman–Crippen LogP) is 2.66. The Labute approximate surface area is 143 Å². The molecule has 24 heavy (non-hydrogen) atoms. The van der Waals surface area contributed by atoms with Crippen molar-refractivity contribution >= 4 is 17.6 Å². The summed E-state index contributed by atoms with van der Waals surface area (Å²) in [6, 6.07) is 0. The molecule has 0 N–H and O–H groups in total. The highest BCUT2D eigenvalue weighted by Crippen LogP contribution is 2.37. The summed E-state index contributed by atoms with van der Waals surface area (Å²) in [4.78, 5) is 31.2. The van der Waals surface area contributed by atoms with E-state index >= 15 is 0 Å². The normalized spacial score (nSPS) is 27.5. The molecular weight excluding hydrogens is 308 g/mol. The van der Waals surface area contributed by atoms with Crippen molar-refractivity contribution in [2.24, 2.45) is 11.1 Å². The van der Waals surface area contributed by atoms with Gasteiger partial charge in [-0.2, -0.15) is 0 Å². The molecule has 1 spiro atoms. The highest BCUT2D eigenvalue weighted by molar-refractivity contribution is 5.97. The summed E-state index contributed by atoms with van der Waals surface area (Å²) in [5.74, 6) is 0.497. The maximum absolute atomic E-state index is 12.7. The number of methoxy groups -OCH3 is 1. The highest BCUT2D eigenvalue weighted by atomic mass is 16.7. The van der Waals surface area contributed by atoms with Gasteiger partial charge in [0, 0.05) is 25.9 Å². The maximum atomic E-state index is 12.7. The summed E-state index contributed by atoms with van der Waals surface area (Å²) >= 11 is 0. The third kappa shape index (κ3) is 3.73. The molecule has 0 aromatic heterocycles. The summed E-state index contributed by atoms with van der Waals surface area (Å²) < 4.78 is 4.64. The fourth-order valence-electron chi connectivity index (χ4n) is 4.13. The van der Waals surface area contributed by atoms with Crippen molar-refractivity contribution in [1.29, 1.82) is 0 Å². The molecular formula is C18H28N2O4. The molecule has 3 rings (SSSR count). The van der Waals surface area contributed by atoms with Crippen molar-refractivity contribution in [1.82, 2.24) is 4.90 Å². The lowest BCUT2D eigenvalue weighted by Gasteiger charge is -2.22. The number of amides is 1. The molecule has 1 unspecified atom stereocenters. The van der Waals surface area contributed by atoms with E-state index in [9.17, 15) is 9.59 Å². The van der Waals surface area contributed by atoms with Gasteiger partial charge < -0.3 is 14.5 Å². The number of hydrogen-bond acceptors (Lipinski definition) is 5. The number of oxime groups is 1. The van der Waals surface area contributed by atoms with Gasteiger partial charge in [0.1, 0.15) is 0 Å². The number of hydrogen-bond donors (Lipinski definition) is 0. The Bertz CT molecular complexity index is 513. The van der Waals surface area contributed by atoms with Gasteiger partial charge in [-0.1, -0.05) is 37.3 Å². The number of nitrogens with zero attached hydrogens (tertiary/aromatic N) is 2. The minimum Gasteiger partial charge on any atom is -0.469 e. The summed E-state index contributed by atoms with van der Waals surface area (Å²) in [6.45, 7) is 1.02. The zero-order chi connectivity index (χ0) is 17.0. The fraction of sp³-hybridized carbons (Fsp3) is 0.833. The summed E-state index contributed by atoms with van der Waals surface area (Å²) in [7, 11) is 1.36. The summed E-state index contributed by atoms with van der Waals surface area (Å²) in [6.07, 6.45) is 10.4. The number of ether oxygens (including phenoxy) is 1. The van der Waals surface area contributed by atoms with Crippen molar-refractivity contribution in [2.75, 3.05) is 20.2 Å². The first kappa shape index (κ1) is 17.2. The largest absolute Gasteiger partial charge is 0.469 e. The van der Waals surface area contributed by atoms with Gasteiger partial charge in [-0.15, -0.1) is 0 Å². The number of carbonyl (C=O) groups excluding carboxylic acids is 2. The van der Waals surface area contributed by atoms with Crippen molar-refractivity contribution in [3.63, 3.8) is 0 Å². The molecule has 134 valence electrons. The van der Waals surface area contributed by atoms with E-state index in [1.807, 2.05) is 0 Å². The Morgan fingerprint density at radius 3 is 2.92 bits per heavy atom. The third-order valence-corrected chi connectivity index (χ3v) is 5.68. The molecule has 0 aromatic carbocycles. The average molecular weight is 336 g/mol. The van der Waals surface area contributed by atoms with Gasteiger partial charge in [-0.05, 0) is 18.8 Å². The van der Waals surface area contributed by atoms with E-state index in [1.165, 1.54) is 45.6 Å². The molecule has 1 saturated heterocycles. The first-order valence-electron chi connectivity index (χ1n) is 9.23. The second-order valence-corrected chi connectivity index (χ2v) is 7.33. The van der Waals surface area contributed by atoms with Crippen molar-refractivity contribution in [3.05, 3.63) is 0 Å². The van der Waals surface area contributed by atoms with Gasteiger partial charge in [-0.3, -0.25) is 9.59 Å². The monoisotopic (exact) mass is 336 g/mol. The average Bonchev–Trinajstić information content (AvgIpc) is 3.17. The van der Waals surface area contributed by atoms with Crippen LogP contribution >= 0.6 is 0 Å². The van der Waals surface area contributed by atoms with E-state index in [4.69, 9.17) is 4.84 Å². The van der Waals surface area contributed by atoms with Crippen LogP contribution in [0.1, 0.15) is 64.2 Å². The van der Waals surface area contributed by atoms with Gasteiger partial charge >= 0.3 is 5.97 Å². The molecule has 6 heteroatoms. The smallest absolute Gasteiger partial charge is 0.307 e. The van der Waals surface area contributed by atoms with E-state index < -0.39 is 5.60 Å². The van der Waals surface area contributed by atoms with Crippen LogP contribution in [0.15, 0.2) is 5.16 Å². The quantitative estimate of drug-likeness (QED) is 0.699. The molecule has 1 aliphatic carbocycles. The van der Waals surface area contributed by atoms with Gasteiger partial charge in [0.25, 0.3) is 5.91 Å². The number of carbonyl (C=O) groups is 2. The van der Waals surface area contributed by atoms with Crippen LogP contribution in [0.2, 0.25) is 0 Å². The van der Waals surface area contributed by atoms with E-state index in [1.54, 1.807) is 4.90 Å². The summed E-state index contributed by atoms with van der Waals surface area (Å²) in [5.41, 5.74) is 0.238. The minimum absolute atomic E-state index is 0.0252. The van der Waals surface area contributed by atoms with Crippen LogP contribution in [0.3, 0.4) is 0 Å². The van der Waals surface area contributed by atoms with Crippen LogP contribution < -0.4 is 0 Å². The Morgan fingerprint density at radius 1 is 1.38 bits per heavy atom. The highest BCUT2D eigenvalue weighted by Gasteiger charge is 2.52. The second-order valence-electron chi connectivity index (χ2n) is 7.33. The van der Waals surface area contributed by atoms with Gasteiger partial charge in [0.05, 0.1) is 19.2 Å². The van der Waals surface area contributed by atoms with Gasteiger partial charge in [0.2, 0.25) is 5.60 Å². The van der Waals surface area contributed by atoms with Crippen LogP contribution in [-0.2, 0) is 19.2 Å². The van der Waals surface area contributed by atoms with E-state index in [0.717, 1.165) is 18.1 Å². The maximum Gasteiger partial charge on any atom is 0.307 e. The van der Waals surface area contributed by atoms with Crippen LogP contribution in [0.25, 0.3) is 0 Å². The second kappa shape index (κ2) is 7.53. The number of esters is 1. The van der Waals surface area contributed by atoms with Crippen LogP contribution in [0.5, 0.6) is 0 Å². The fourth-order valence-corrected chi connectivity index (χ4v) is 4.13. The topological polar surface area (TPSA) is 68.2 Å². The van der Waals surface area contributed by atoms with Crippen molar-refractivity contribution < 1.29 is 19.2 Å². The summed E-state index contributed by atoms with van der Waals surface area (Å²) in [5, 5.41) is 4.23. The zero-order valence-electron chi connectivity index (χ0n) is 14.6. The minimum atomic E-state index is -0.794. The van der Waals surface area contributed by atoms with Crippen LogP contribution in [0.4, 0.5) is 0 Å². The van der Waals surface area contributed by atoms with Crippen LogP contribution in [0, 0.1) is 5.92 Å². The molecule has 0 aromatic rings. The van der Waals surface area contributed by atoms with E-state index in [0.29, 0.717) is 25.9 Å². The third-order valence-electron chi connectivity index (χ3n) is 5.68. The molecule has 1 saturated carbocycles. The Morgan fingerprint density at radius 2 is 2.17 bits per heavy atom.